The highest BCUT2D eigenvalue weighted by Crippen LogP contribution is 2.41. The van der Waals surface area contributed by atoms with Crippen LogP contribution >= 0.6 is 0 Å². The van der Waals surface area contributed by atoms with Crippen molar-refractivity contribution < 1.29 is 24.2 Å². The minimum absolute atomic E-state index is 0.0479. The molecule has 1 heterocycles. The minimum Gasteiger partial charge on any atom is -0.493 e. The van der Waals surface area contributed by atoms with Gasteiger partial charge < -0.3 is 19.9 Å². The highest BCUT2D eigenvalue weighted by atomic mass is 16.5. The molecule has 0 saturated carbocycles. The third-order valence-corrected chi connectivity index (χ3v) is 3.44. The summed E-state index contributed by atoms with van der Waals surface area (Å²) in [5.74, 6) is -0.364. The molecule has 0 aliphatic carbocycles. The fourth-order valence-corrected chi connectivity index (χ4v) is 2.41. The van der Waals surface area contributed by atoms with Gasteiger partial charge in [0, 0.05) is 12.1 Å². The number of ether oxygens (including phenoxy) is 2. The standard InChI is InChI=1S/C14H18N2O5/c1-4-9(14(18)19)16-10-6-12(21-3)11(20-2)5-8(10)15-7-13(16)17/h5-6,9,15H,4,7H2,1-3H3,(H,18,19). The number of carboxylic acids is 1. The first-order valence-electron chi connectivity index (χ1n) is 6.58. The second-order valence-electron chi connectivity index (χ2n) is 4.60. The Morgan fingerprint density at radius 1 is 1.38 bits per heavy atom. The molecule has 1 aromatic carbocycles. The van der Waals surface area contributed by atoms with Crippen molar-refractivity contribution in [1.82, 2.24) is 0 Å². The maximum absolute atomic E-state index is 12.1. The third-order valence-electron chi connectivity index (χ3n) is 3.44. The molecule has 1 unspecified atom stereocenters. The number of nitrogens with zero attached hydrogens (tertiary/aromatic N) is 1. The van der Waals surface area contributed by atoms with E-state index in [1.165, 1.54) is 19.1 Å². The average molecular weight is 294 g/mol. The zero-order valence-corrected chi connectivity index (χ0v) is 12.2. The Kier molecular flexibility index (Phi) is 4.21. The van der Waals surface area contributed by atoms with E-state index in [0.29, 0.717) is 29.3 Å². The molecule has 1 aromatic rings. The van der Waals surface area contributed by atoms with Crippen LogP contribution in [0.2, 0.25) is 0 Å². The summed E-state index contributed by atoms with van der Waals surface area (Å²) in [5, 5.41) is 12.3. The van der Waals surface area contributed by atoms with E-state index in [1.807, 2.05) is 0 Å². The minimum atomic E-state index is -1.03. The number of aliphatic carboxylic acids is 1. The predicted molar refractivity (Wildman–Crippen MR) is 77.2 cm³/mol. The molecule has 0 aromatic heterocycles. The number of hydrogen-bond acceptors (Lipinski definition) is 5. The fraction of sp³-hybridized carbons (Fsp3) is 0.429. The molecule has 114 valence electrons. The van der Waals surface area contributed by atoms with Crippen molar-refractivity contribution in [3.05, 3.63) is 12.1 Å². The summed E-state index contributed by atoms with van der Waals surface area (Å²) in [6.07, 6.45) is 0.314. The van der Waals surface area contributed by atoms with Gasteiger partial charge in [0.25, 0.3) is 0 Å². The van der Waals surface area contributed by atoms with E-state index in [9.17, 15) is 14.7 Å². The van der Waals surface area contributed by atoms with Crippen molar-refractivity contribution in [1.29, 1.82) is 0 Å². The summed E-state index contributed by atoms with van der Waals surface area (Å²) >= 11 is 0. The van der Waals surface area contributed by atoms with Crippen molar-refractivity contribution in [2.75, 3.05) is 31.0 Å². The van der Waals surface area contributed by atoms with Gasteiger partial charge in [0.2, 0.25) is 5.91 Å². The molecule has 2 rings (SSSR count). The smallest absolute Gasteiger partial charge is 0.326 e. The van der Waals surface area contributed by atoms with Crippen LogP contribution < -0.4 is 19.7 Å². The first kappa shape index (κ1) is 15.0. The highest BCUT2D eigenvalue weighted by Gasteiger charge is 2.34. The summed E-state index contributed by atoms with van der Waals surface area (Å²) in [6.45, 7) is 1.78. The summed E-state index contributed by atoms with van der Waals surface area (Å²) in [7, 11) is 3.00. The Labute approximate surface area is 122 Å². The number of anilines is 2. The molecule has 2 N–H and O–H groups in total. The Morgan fingerprint density at radius 2 is 2.00 bits per heavy atom. The van der Waals surface area contributed by atoms with Crippen molar-refractivity contribution >= 4 is 23.3 Å². The number of carboxylic acid groups (broad SMARTS) is 1. The van der Waals surface area contributed by atoms with Gasteiger partial charge in [-0.1, -0.05) is 6.92 Å². The Hall–Kier alpha value is -2.44. The first-order chi connectivity index (χ1) is 10.0. The van der Waals surface area contributed by atoms with Crippen LogP contribution in [0.3, 0.4) is 0 Å². The van der Waals surface area contributed by atoms with E-state index in [4.69, 9.17) is 9.47 Å². The van der Waals surface area contributed by atoms with Crippen LogP contribution in [-0.2, 0) is 9.59 Å². The number of methoxy groups -OCH3 is 2. The zero-order chi connectivity index (χ0) is 15.6. The van der Waals surface area contributed by atoms with Crippen molar-refractivity contribution in [2.24, 2.45) is 0 Å². The number of amides is 1. The molecule has 0 spiro atoms. The zero-order valence-electron chi connectivity index (χ0n) is 12.2. The molecule has 0 radical (unpaired) electrons. The number of carbonyl (C=O) groups is 2. The molecule has 21 heavy (non-hydrogen) atoms. The second-order valence-corrected chi connectivity index (χ2v) is 4.60. The van der Waals surface area contributed by atoms with Gasteiger partial charge in [0.15, 0.2) is 11.5 Å². The molecule has 1 aliphatic heterocycles. The maximum atomic E-state index is 12.1. The van der Waals surface area contributed by atoms with Crippen LogP contribution in [0.4, 0.5) is 11.4 Å². The van der Waals surface area contributed by atoms with Gasteiger partial charge in [-0.15, -0.1) is 0 Å². The maximum Gasteiger partial charge on any atom is 0.326 e. The lowest BCUT2D eigenvalue weighted by molar-refractivity contribution is -0.140. The van der Waals surface area contributed by atoms with E-state index >= 15 is 0 Å². The van der Waals surface area contributed by atoms with Crippen LogP contribution in [0, 0.1) is 0 Å². The third kappa shape index (κ3) is 2.58. The van der Waals surface area contributed by atoms with Gasteiger partial charge in [0.1, 0.15) is 6.04 Å². The largest absolute Gasteiger partial charge is 0.493 e. The summed E-state index contributed by atoms with van der Waals surface area (Å²) < 4.78 is 10.4. The number of carbonyl (C=O) groups excluding carboxylic acids is 1. The summed E-state index contributed by atoms with van der Waals surface area (Å²) in [4.78, 5) is 24.8. The van der Waals surface area contributed by atoms with E-state index in [-0.39, 0.29) is 12.5 Å². The summed E-state index contributed by atoms with van der Waals surface area (Å²) in [5.41, 5.74) is 1.13. The lowest BCUT2D eigenvalue weighted by Crippen LogP contribution is -2.49. The molecule has 1 aliphatic rings. The fourth-order valence-electron chi connectivity index (χ4n) is 2.41. The monoisotopic (exact) mass is 294 g/mol. The molecule has 7 nitrogen and oxygen atoms in total. The molecular formula is C14H18N2O5. The molecule has 7 heteroatoms. The van der Waals surface area contributed by atoms with Gasteiger partial charge in [-0.2, -0.15) is 0 Å². The van der Waals surface area contributed by atoms with Gasteiger partial charge in [0.05, 0.1) is 32.1 Å². The Morgan fingerprint density at radius 3 is 2.52 bits per heavy atom. The number of fused-ring (bicyclic) bond motifs is 1. The molecule has 0 saturated heterocycles. The van der Waals surface area contributed by atoms with Gasteiger partial charge >= 0.3 is 5.97 Å². The Balaban J connectivity index is 2.56. The van der Waals surface area contributed by atoms with Gasteiger partial charge in [-0.25, -0.2) is 4.79 Å². The van der Waals surface area contributed by atoms with Crippen molar-refractivity contribution in [3.8, 4) is 11.5 Å². The predicted octanol–water partition coefficient (Wildman–Crippen LogP) is 1.33. The summed E-state index contributed by atoms with van der Waals surface area (Å²) in [6, 6.07) is 2.41. The topological polar surface area (TPSA) is 88.1 Å². The molecule has 0 fully saturated rings. The van der Waals surface area contributed by atoms with Crippen molar-refractivity contribution in [2.45, 2.75) is 19.4 Å². The van der Waals surface area contributed by atoms with Gasteiger partial charge in [-0.3, -0.25) is 9.69 Å². The van der Waals surface area contributed by atoms with Crippen LogP contribution in [0.1, 0.15) is 13.3 Å². The Bertz CT molecular complexity index is 573. The van der Waals surface area contributed by atoms with Gasteiger partial charge in [-0.05, 0) is 6.42 Å². The number of nitrogens with one attached hydrogen (secondary N) is 1. The SMILES string of the molecule is CCC(C(=O)O)N1C(=O)CNc2cc(OC)c(OC)cc21. The highest BCUT2D eigenvalue weighted by molar-refractivity contribution is 6.06. The normalized spacial score (nSPS) is 15.0. The number of benzene rings is 1. The average Bonchev–Trinajstić information content (AvgIpc) is 2.48. The molecule has 1 amide bonds. The van der Waals surface area contributed by atoms with Crippen LogP contribution in [0.15, 0.2) is 12.1 Å². The van der Waals surface area contributed by atoms with Crippen LogP contribution in [0.25, 0.3) is 0 Å². The molecule has 0 bridgehead atoms. The van der Waals surface area contributed by atoms with Crippen LogP contribution in [0.5, 0.6) is 11.5 Å². The first-order valence-corrected chi connectivity index (χ1v) is 6.58. The lowest BCUT2D eigenvalue weighted by atomic mass is 10.1. The number of rotatable bonds is 5. The molecule has 1 atom stereocenters. The van der Waals surface area contributed by atoms with Crippen molar-refractivity contribution in [3.63, 3.8) is 0 Å². The molecular weight excluding hydrogens is 276 g/mol. The van der Waals surface area contributed by atoms with E-state index in [2.05, 4.69) is 5.32 Å². The van der Waals surface area contributed by atoms with Crippen LogP contribution in [-0.4, -0.2) is 43.8 Å². The second kappa shape index (κ2) is 5.90. The quantitative estimate of drug-likeness (QED) is 0.851. The van der Waals surface area contributed by atoms with E-state index < -0.39 is 12.0 Å². The van der Waals surface area contributed by atoms with E-state index in [1.54, 1.807) is 19.1 Å². The van der Waals surface area contributed by atoms with E-state index in [0.717, 1.165) is 0 Å². The number of hydrogen-bond donors (Lipinski definition) is 2. The lowest BCUT2D eigenvalue weighted by Gasteiger charge is -2.34.